The van der Waals surface area contributed by atoms with Gasteiger partial charge in [0.25, 0.3) is 5.91 Å². The molecule has 5 amide bonds. The minimum absolute atomic E-state index is 0.0131. The fraction of sp³-hybridized carbons (Fsp3) is 0.537. The Morgan fingerprint density at radius 1 is 0.898 bits per heavy atom. The molecule has 5 aliphatic rings. The monoisotopic (exact) mass is 811 g/mol. The number of urea groups is 1. The molecule has 8 rings (SSSR count). The number of aryl methyl sites for hydroxylation is 1. The third-order valence-electron chi connectivity index (χ3n) is 12.5. The van der Waals surface area contributed by atoms with E-state index in [1.165, 1.54) is 11.8 Å². The minimum Gasteiger partial charge on any atom is -0.373 e. The summed E-state index contributed by atoms with van der Waals surface area (Å²) in [5.41, 5.74) is 9.57. The summed E-state index contributed by atoms with van der Waals surface area (Å²) in [6, 6.07) is 10.8. The van der Waals surface area contributed by atoms with Crippen molar-refractivity contribution < 1.29 is 23.6 Å². The standard InChI is InChI=1S/C41H54FN13O4/c1-26-22-29(6-7-32(26)45-33-8-10-35(56)46-39(33)58)52-14-11-27(12-15-52)24-51-17-19-53(20-18-51)34-9-5-28(23-31(34)42)44-38-36(37(43)57)48-49-40(47-38)54-13-3-4-30(25-54)55-21-16-50(2)41(55)59/h5-7,9,22-23,27,30,33,45H,3-4,8,10-21,24-25H2,1-2H3,(H2,43,57)(H,44,47,49)(H,46,56,58). The fourth-order valence-electron chi connectivity index (χ4n) is 9.02. The number of primary amides is 1. The zero-order valence-corrected chi connectivity index (χ0v) is 33.8. The zero-order valence-electron chi connectivity index (χ0n) is 33.8. The second kappa shape index (κ2) is 17.2. The quantitative estimate of drug-likeness (QED) is 0.207. The molecule has 5 saturated heterocycles. The summed E-state index contributed by atoms with van der Waals surface area (Å²) >= 11 is 0. The number of hydrogen-bond acceptors (Lipinski definition) is 13. The Hall–Kier alpha value is -5.78. The number of amides is 5. The fourth-order valence-corrected chi connectivity index (χ4v) is 9.02. The van der Waals surface area contributed by atoms with Crippen LogP contribution in [0.5, 0.6) is 0 Å². The summed E-state index contributed by atoms with van der Waals surface area (Å²) < 4.78 is 15.7. The highest BCUT2D eigenvalue weighted by atomic mass is 19.1. The Balaban J connectivity index is 0.818. The number of carbonyl (C=O) groups excluding carboxylic acids is 4. The van der Waals surface area contributed by atoms with Crippen molar-refractivity contribution in [3.63, 3.8) is 0 Å². The van der Waals surface area contributed by atoms with Crippen LogP contribution >= 0.6 is 0 Å². The lowest BCUT2D eigenvalue weighted by molar-refractivity contribution is -0.133. The molecule has 314 valence electrons. The van der Waals surface area contributed by atoms with Gasteiger partial charge >= 0.3 is 6.03 Å². The summed E-state index contributed by atoms with van der Waals surface area (Å²) in [5.74, 6) is -0.677. The van der Waals surface area contributed by atoms with E-state index in [1.54, 1.807) is 24.1 Å². The molecule has 5 fully saturated rings. The van der Waals surface area contributed by atoms with E-state index >= 15 is 4.39 Å². The number of carbonyl (C=O) groups is 4. The Morgan fingerprint density at radius 2 is 1.69 bits per heavy atom. The van der Waals surface area contributed by atoms with E-state index in [2.05, 4.69) is 58.0 Å². The molecule has 17 nitrogen and oxygen atoms in total. The van der Waals surface area contributed by atoms with Crippen molar-refractivity contribution in [1.82, 2.24) is 35.2 Å². The lowest BCUT2D eigenvalue weighted by atomic mass is 9.95. The first-order valence-electron chi connectivity index (χ1n) is 20.8. The number of piperidine rings is 3. The topological polar surface area (TPSA) is 188 Å². The number of hydrogen-bond donors (Lipinski definition) is 4. The van der Waals surface area contributed by atoms with Gasteiger partial charge in [0.1, 0.15) is 11.9 Å². The van der Waals surface area contributed by atoms with Crippen molar-refractivity contribution >= 4 is 58.3 Å². The van der Waals surface area contributed by atoms with Gasteiger partial charge in [-0.3, -0.25) is 24.6 Å². The Morgan fingerprint density at radius 3 is 2.39 bits per heavy atom. The molecule has 0 spiro atoms. The highest BCUT2D eigenvalue weighted by molar-refractivity contribution is 6.01. The summed E-state index contributed by atoms with van der Waals surface area (Å²) in [7, 11) is 1.80. The van der Waals surface area contributed by atoms with Crippen molar-refractivity contribution in [1.29, 1.82) is 0 Å². The van der Waals surface area contributed by atoms with Crippen molar-refractivity contribution in [2.24, 2.45) is 11.7 Å². The first kappa shape index (κ1) is 40.0. The third kappa shape index (κ3) is 8.96. The number of piperazine rings is 1. The number of likely N-dealkylation sites (N-methyl/N-ethyl adjacent to an activating group) is 1. The van der Waals surface area contributed by atoms with Crippen LogP contribution in [-0.2, 0) is 9.59 Å². The van der Waals surface area contributed by atoms with Crippen LogP contribution in [0.25, 0.3) is 0 Å². The molecule has 2 atom stereocenters. The van der Waals surface area contributed by atoms with Gasteiger partial charge in [0, 0.05) is 103 Å². The molecule has 2 aromatic carbocycles. The van der Waals surface area contributed by atoms with Gasteiger partial charge in [-0.15, -0.1) is 10.2 Å². The first-order valence-corrected chi connectivity index (χ1v) is 20.8. The SMILES string of the molecule is Cc1cc(N2CCC(CN3CCN(c4ccc(Nc5nc(N6CCCC(N7CCN(C)C7=O)C6)nnc5C(N)=O)cc4F)CC3)CC2)ccc1NC1CCC(=O)NC1=O. The molecule has 5 aliphatic heterocycles. The van der Waals surface area contributed by atoms with E-state index < -0.39 is 11.9 Å². The lowest BCUT2D eigenvalue weighted by Gasteiger charge is -2.40. The molecule has 18 heteroatoms. The molecule has 1 aromatic heterocycles. The van der Waals surface area contributed by atoms with Gasteiger partial charge in [-0.2, -0.15) is 4.98 Å². The maximum absolute atomic E-state index is 15.7. The number of anilines is 6. The number of benzene rings is 2. The Bertz CT molecular complexity index is 2070. The van der Waals surface area contributed by atoms with Gasteiger partial charge in [0.05, 0.1) is 11.7 Å². The van der Waals surface area contributed by atoms with Crippen molar-refractivity contribution in [3.8, 4) is 0 Å². The van der Waals surface area contributed by atoms with E-state index in [0.717, 1.165) is 69.7 Å². The van der Waals surface area contributed by atoms with Gasteiger partial charge in [-0.25, -0.2) is 9.18 Å². The van der Waals surface area contributed by atoms with E-state index in [0.29, 0.717) is 75.4 Å². The van der Waals surface area contributed by atoms with Crippen LogP contribution in [0.3, 0.4) is 0 Å². The molecule has 3 aromatic rings. The molecule has 59 heavy (non-hydrogen) atoms. The number of imide groups is 1. The Labute approximate surface area is 343 Å². The van der Waals surface area contributed by atoms with Crippen LogP contribution in [-0.4, -0.2) is 145 Å². The summed E-state index contributed by atoms with van der Waals surface area (Å²) in [6.07, 6.45) is 4.74. The number of halogens is 1. The number of rotatable bonds is 11. The molecule has 0 bridgehead atoms. The van der Waals surface area contributed by atoms with Crippen molar-refractivity contribution in [3.05, 3.63) is 53.5 Å². The lowest BCUT2D eigenvalue weighted by Crippen LogP contribution is -2.49. The molecule has 0 aliphatic carbocycles. The van der Waals surface area contributed by atoms with Gasteiger partial charge in [-0.1, -0.05) is 0 Å². The van der Waals surface area contributed by atoms with Gasteiger partial charge in [0.15, 0.2) is 11.5 Å². The smallest absolute Gasteiger partial charge is 0.320 e. The molecule has 0 radical (unpaired) electrons. The van der Waals surface area contributed by atoms with Crippen LogP contribution in [0.15, 0.2) is 36.4 Å². The van der Waals surface area contributed by atoms with Crippen LogP contribution in [0.4, 0.5) is 43.7 Å². The Kier molecular flexibility index (Phi) is 11.7. The predicted molar refractivity (Wildman–Crippen MR) is 223 cm³/mol. The largest absolute Gasteiger partial charge is 0.373 e. The van der Waals surface area contributed by atoms with Crippen molar-refractivity contribution in [2.45, 2.75) is 57.5 Å². The summed E-state index contributed by atoms with van der Waals surface area (Å²) in [6.45, 7) is 10.7. The van der Waals surface area contributed by atoms with Crippen LogP contribution in [0.1, 0.15) is 54.6 Å². The average Bonchev–Trinajstić information content (AvgIpc) is 3.57. The maximum atomic E-state index is 15.7. The minimum atomic E-state index is -0.801. The van der Waals surface area contributed by atoms with Gasteiger partial charge in [-0.05, 0) is 86.9 Å². The average molecular weight is 812 g/mol. The molecule has 0 saturated carbocycles. The zero-order chi connectivity index (χ0) is 41.2. The van der Waals surface area contributed by atoms with Crippen LogP contribution < -0.4 is 36.4 Å². The third-order valence-corrected chi connectivity index (χ3v) is 12.5. The van der Waals surface area contributed by atoms with Gasteiger partial charge in [0.2, 0.25) is 17.8 Å². The number of nitrogens with two attached hydrogens (primary N) is 1. The first-order chi connectivity index (χ1) is 28.5. The second-order valence-electron chi connectivity index (χ2n) is 16.5. The maximum Gasteiger partial charge on any atom is 0.320 e. The van der Waals surface area contributed by atoms with Gasteiger partial charge < -0.3 is 40.9 Å². The predicted octanol–water partition coefficient (Wildman–Crippen LogP) is 2.75. The number of aromatic nitrogens is 3. The highest BCUT2D eigenvalue weighted by Gasteiger charge is 2.35. The molecular weight excluding hydrogens is 758 g/mol. The molecular formula is C41H54FN13O4. The van der Waals surface area contributed by atoms with E-state index in [-0.39, 0.29) is 41.2 Å². The van der Waals surface area contributed by atoms with Crippen LogP contribution in [0.2, 0.25) is 0 Å². The summed E-state index contributed by atoms with van der Waals surface area (Å²) in [5, 5.41) is 17.1. The highest BCUT2D eigenvalue weighted by Crippen LogP contribution is 2.31. The normalized spacial score (nSPS) is 22.2. The van der Waals surface area contributed by atoms with E-state index in [1.807, 2.05) is 22.8 Å². The van der Waals surface area contributed by atoms with E-state index in [9.17, 15) is 19.2 Å². The molecule has 6 heterocycles. The second-order valence-corrected chi connectivity index (χ2v) is 16.5. The number of nitrogens with zero attached hydrogens (tertiary/aromatic N) is 9. The molecule has 2 unspecified atom stereocenters. The van der Waals surface area contributed by atoms with Crippen molar-refractivity contribution in [2.75, 3.05) is 104 Å². The number of nitrogens with one attached hydrogen (secondary N) is 3. The summed E-state index contributed by atoms with van der Waals surface area (Å²) in [4.78, 5) is 65.9. The van der Waals surface area contributed by atoms with Crippen LogP contribution in [0, 0.1) is 18.7 Å². The van der Waals surface area contributed by atoms with E-state index in [4.69, 9.17) is 5.73 Å². The molecule has 5 N–H and O–H groups in total.